The molecule has 4 rings (SSSR count). The van der Waals surface area contributed by atoms with Gasteiger partial charge in [0.15, 0.2) is 5.65 Å². The van der Waals surface area contributed by atoms with E-state index in [0.717, 1.165) is 34.4 Å². The third-order valence-corrected chi connectivity index (χ3v) is 4.43. The second-order valence-corrected chi connectivity index (χ2v) is 5.81. The van der Waals surface area contributed by atoms with E-state index in [4.69, 9.17) is 17.2 Å². The number of hydrogen-bond donors (Lipinski definition) is 1. The summed E-state index contributed by atoms with van der Waals surface area (Å²) in [6.07, 6.45) is 3.29. The highest BCUT2D eigenvalue weighted by atomic mass is 32.1. The molecule has 100 valence electrons. The molecule has 0 radical (unpaired) electrons. The predicted molar refractivity (Wildman–Crippen MR) is 82.6 cm³/mol. The number of hydrogen-bond acceptors (Lipinski definition) is 2. The van der Waals surface area contributed by atoms with Crippen molar-refractivity contribution in [1.29, 1.82) is 0 Å². The second-order valence-electron chi connectivity index (χ2n) is 5.43. The first-order valence-electron chi connectivity index (χ1n) is 6.93. The van der Waals surface area contributed by atoms with Crippen molar-refractivity contribution in [3.05, 3.63) is 51.8 Å². The number of rotatable bonds is 1. The fourth-order valence-corrected chi connectivity index (χ4v) is 3.24. The van der Waals surface area contributed by atoms with E-state index < -0.39 is 0 Å². The average molecular weight is 281 g/mol. The first-order chi connectivity index (χ1) is 9.72. The number of H-pyrrole nitrogens is 1. The molecule has 1 aromatic carbocycles. The Balaban J connectivity index is 1.94. The molecule has 0 amide bonds. The van der Waals surface area contributed by atoms with E-state index in [1.165, 1.54) is 23.2 Å². The molecule has 3 nitrogen and oxygen atoms in total. The fraction of sp³-hybridized carbons (Fsp3) is 0.250. The van der Waals surface area contributed by atoms with Crippen LogP contribution in [0.4, 0.5) is 0 Å². The molecule has 1 N–H and O–H groups in total. The van der Waals surface area contributed by atoms with Crippen LogP contribution in [-0.4, -0.2) is 14.6 Å². The highest BCUT2D eigenvalue weighted by Gasteiger charge is 2.17. The topological polar surface area (TPSA) is 33.1 Å². The number of nitrogens with one attached hydrogen (secondary N) is 1. The Kier molecular flexibility index (Phi) is 2.54. The zero-order valence-corrected chi connectivity index (χ0v) is 12.1. The highest BCUT2D eigenvalue weighted by molar-refractivity contribution is 7.71. The highest BCUT2D eigenvalue weighted by Crippen LogP contribution is 2.25. The molecule has 0 bridgehead atoms. The van der Waals surface area contributed by atoms with Gasteiger partial charge >= 0.3 is 0 Å². The largest absolute Gasteiger partial charge is 0.291 e. The van der Waals surface area contributed by atoms with Gasteiger partial charge in [-0.2, -0.15) is 0 Å². The summed E-state index contributed by atoms with van der Waals surface area (Å²) in [5.41, 5.74) is 6.84. The zero-order chi connectivity index (χ0) is 13.7. The van der Waals surface area contributed by atoms with E-state index in [-0.39, 0.29) is 0 Å². The maximum atomic E-state index is 5.60. The Labute approximate surface area is 122 Å². The lowest BCUT2D eigenvalue weighted by molar-refractivity contribution is 0.896. The standard InChI is InChI=1S/C16H15N3S/c1-10-5-7-11(8-6-10)14-9-15-17-13-4-2-3-12(13)16(20)19(15)18-14/h5-9,18H,2-4H2,1H3. The van der Waals surface area contributed by atoms with Crippen molar-refractivity contribution in [2.24, 2.45) is 0 Å². The van der Waals surface area contributed by atoms with Crippen molar-refractivity contribution in [3.8, 4) is 11.3 Å². The molecule has 0 aliphatic heterocycles. The molecule has 0 unspecified atom stereocenters. The van der Waals surface area contributed by atoms with Gasteiger partial charge < -0.3 is 0 Å². The molecular formula is C16H15N3S. The van der Waals surface area contributed by atoms with E-state index in [2.05, 4.69) is 42.4 Å². The van der Waals surface area contributed by atoms with Crippen molar-refractivity contribution in [1.82, 2.24) is 14.6 Å². The van der Waals surface area contributed by atoms with Gasteiger partial charge in [-0.05, 0) is 31.7 Å². The van der Waals surface area contributed by atoms with E-state index in [9.17, 15) is 0 Å². The zero-order valence-electron chi connectivity index (χ0n) is 11.3. The van der Waals surface area contributed by atoms with Crippen molar-refractivity contribution < 1.29 is 0 Å². The SMILES string of the molecule is Cc1ccc(-c2cc3nc4c(c(=S)n3[nH]2)CCC4)cc1. The molecule has 0 saturated carbocycles. The third kappa shape index (κ3) is 1.72. The number of aromatic nitrogens is 3. The predicted octanol–water partition coefficient (Wildman–Crippen LogP) is 3.86. The summed E-state index contributed by atoms with van der Waals surface area (Å²) in [5.74, 6) is 0. The summed E-state index contributed by atoms with van der Waals surface area (Å²) in [6, 6.07) is 10.6. The summed E-state index contributed by atoms with van der Waals surface area (Å²) in [6.45, 7) is 2.09. The van der Waals surface area contributed by atoms with Crippen molar-refractivity contribution in [2.45, 2.75) is 26.2 Å². The van der Waals surface area contributed by atoms with Crippen LogP contribution in [0.3, 0.4) is 0 Å². The van der Waals surface area contributed by atoms with Crippen LogP contribution in [0.25, 0.3) is 16.9 Å². The van der Waals surface area contributed by atoms with Crippen LogP contribution in [0.15, 0.2) is 30.3 Å². The van der Waals surface area contributed by atoms with E-state index in [1.54, 1.807) is 0 Å². The molecule has 0 spiro atoms. The normalized spacial score (nSPS) is 13.8. The van der Waals surface area contributed by atoms with E-state index in [1.807, 2.05) is 4.52 Å². The van der Waals surface area contributed by atoms with Gasteiger partial charge in [-0.3, -0.25) is 5.10 Å². The summed E-state index contributed by atoms with van der Waals surface area (Å²) < 4.78 is 2.83. The number of aromatic amines is 1. The Bertz CT molecular complexity index is 856. The Morgan fingerprint density at radius 3 is 2.80 bits per heavy atom. The van der Waals surface area contributed by atoms with Gasteiger partial charge in [-0.25, -0.2) is 9.50 Å². The number of benzene rings is 1. The monoisotopic (exact) mass is 281 g/mol. The molecule has 4 heteroatoms. The third-order valence-electron chi connectivity index (χ3n) is 4.00. The summed E-state index contributed by atoms with van der Waals surface area (Å²) in [5, 5.41) is 3.38. The van der Waals surface area contributed by atoms with Crippen LogP contribution in [0.5, 0.6) is 0 Å². The molecule has 20 heavy (non-hydrogen) atoms. The minimum atomic E-state index is 0.890. The maximum absolute atomic E-state index is 5.60. The van der Waals surface area contributed by atoms with Crippen LogP contribution in [0.1, 0.15) is 23.2 Å². The Morgan fingerprint density at radius 2 is 2.00 bits per heavy atom. The molecule has 0 saturated heterocycles. The summed E-state index contributed by atoms with van der Waals surface area (Å²) >= 11 is 5.60. The second kappa shape index (κ2) is 4.28. The maximum Gasteiger partial charge on any atom is 0.155 e. The Hall–Kier alpha value is -1.94. The van der Waals surface area contributed by atoms with Crippen LogP contribution >= 0.6 is 12.2 Å². The smallest absolute Gasteiger partial charge is 0.155 e. The molecule has 2 aromatic heterocycles. The van der Waals surface area contributed by atoms with E-state index in [0.29, 0.717) is 0 Å². The fourth-order valence-electron chi connectivity index (χ4n) is 2.88. The summed E-state index contributed by atoms with van der Waals surface area (Å²) in [4.78, 5) is 4.75. The average Bonchev–Trinajstić information content (AvgIpc) is 3.06. The van der Waals surface area contributed by atoms with Crippen molar-refractivity contribution in [2.75, 3.05) is 0 Å². The van der Waals surface area contributed by atoms with Gasteiger partial charge in [0.1, 0.15) is 4.64 Å². The molecule has 1 aliphatic rings. The van der Waals surface area contributed by atoms with Gasteiger partial charge in [-0.15, -0.1) is 0 Å². The van der Waals surface area contributed by atoms with Crippen LogP contribution in [0.2, 0.25) is 0 Å². The minimum absolute atomic E-state index is 0.890. The summed E-state index contributed by atoms with van der Waals surface area (Å²) in [7, 11) is 0. The van der Waals surface area contributed by atoms with Crippen molar-refractivity contribution >= 4 is 17.9 Å². The van der Waals surface area contributed by atoms with Gasteiger partial charge in [-0.1, -0.05) is 42.0 Å². The number of fused-ring (bicyclic) bond motifs is 2. The Morgan fingerprint density at radius 1 is 1.20 bits per heavy atom. The van der Waals surface area contributed by atoms with Gasteiger partial charge in [0, 0.05) is 17.3 Å². The molecule has 0 fully saturated rings. The van der Waals surface area contributed by atoms with Crippen LogP contribution < -0.4 is 0 Å². The lowest BCUT2D eigenvalue weighted by Gasteiger charge is -2.01. The molecular weight excluding hydrogens is 266 g/mol. The van der Waals surface area contributed by atoms with E-state index >= 15 is 0 Å². The lowest BCUT2D eigenvalue weighted by atomic mass is 10.1. The first kappa shape index (κ1) is 11.9. The molecule has 1 aliphatic carbocycles. The molecule has 2 heterocycles. The quantitative estimate of drug-likeness (QED) is 0.687. The van der Waals surface area contributed by atoms with Gasteiger partial charge in [0.25, 0.3) is 0 Å². The van der Waals surface area contributed by atoms with Crippen LogP contribution in [0, 0.1) is 11.6 Å². The van der Waals surface area contributed by atoms with Gasteiger partial charge in [0.2, 0.25) is 0 Å². The minimum Gasteiger partial charge on any atom is -0.291 e. The van der Waals surface area contributed by atoms with Crippen molar-refractivity contribution in [3.63, 3.8) is 0 Å². The lowest BCUT2D eigenvalue weighted by Crippen LogP contribution is -1.99. The first-order valence-corrected chi connectivity index (χ1v) is 7.34. The number of nitrogens with zero attached hydrogens (tertiary/aromatic N) is 2. The van der Waals surface area contributed by atoms with Crippen LogP contribution in [-0.2, 0) is 12.8 Å². The molecule has 0 atom stereocenters. The van der Waals surface area contributed by atoms with Gasteiger partial charge in [0.05, 0.1) is 5.69 Å². The number of aryl methyl sites for hydroxylation is 2. The molecule has 3 aromatic rings.